The first-order chi connectivity index (χ1) is 13.5. The summed E-state index contributed by atoms with van der Waals surface area (Å²) in [5.74, 6) is -0.431. The van der Waals surface area contributed by atoms with Crippen molar-refractivity contribution in [1.82, 2.24) is 4.90 Å². The summed E-state index contributed by atoms with van der Waals surface area (Å²) < 4.78 is 0. The molecule has 0 aromatic heterocycles. The van der Waals surface area contributed by atoms with Crippen molar-refractivity contribution in [2.45, 2.75) is 13.0 Å². The van der Waals surface area contributed by atoms with E-state index in [1.807, 2.05) is 55.5 Å². The van der Waals surface area contributed by atoms with Gasteiger partial charge in [0.15, 0.2) is 0 Å². The summed E-state index contributed by atoms with van der Waals surface area (Å²) in [6.45, 7) is 1.93. The number of carbonyl (C=O) groups is 2. The van der Waals surface area contributed by atoms with Crippen molar-refractivity contribution >= 4 is 29.1 Å². The number of nitrogens with zero attached hydrogens (tertiary/aromatic N) is 1. The molecule has 0 unspecified atom stereocenters. The number of amides is 2. The Morgan fingerprint density at radius 2 is 1.75 bits per heavy atom. The van der Waals surface area contributed by atoms with Crippen molar-refractivity contribution in [2.75, 3.05) is 11.9 Å². The number of hydrogen-bond donors (Lipinski definition) is 1. The largest absolute Gasteiger partial charge is 0.324 e. The Labute approximate surface area is 168 Å². The van der Waals surface area contributed by atoms with Crippen LogP contribution in [0, 0.1) is 6.92 Å². The van der Waals surface area contributed by atoms with Gasteiger partial charge in [-0.3, -0.25) is 9.59 Å². The molecule has 2 amide bonds. The lowest BCUT2D eigenvalue weighted by Gasteiger charge is -2.30. The normalized spacial score (nSPS) is 16.1. The first-order valence-electron chi connectivity index (χ1n) is 9.05. The van der Waals surface area contributed by atoms with E-state index in [-0.39, 0.29) is 18.4 Å². The van der Waals surface area contributed by atoms with Crippen molar-refractivity contribution in [2.24, 2.45) is 0 Å². The third-order valence-corrected chi connectivity index (χ3v) is 5.12. The van der Waals surface area contributed by atoms with E-state index in [0.29, 0.717) is 16.3 Å². The molecule has 1 aliphatic rings. The summed E-state index contributed by atoms with van der Waals surface area (Å²) in [4.78, 5) is 27.6. The van der Waals surface area contributed by atoms with Crippen LogP contribution in [0.4, 0.5) is 5.69 Å². The quantitative estimate of drug-likeness (QED) is 0.681. The highest BCUT2D eigenvalue weighted by Gasteiger charge is 2.34. The lowest BCUT2D eigenvalue weighted by molar-refractivity contribution is -0.117. The zero-order valence-electron chi connectivity index (χ0n) is 15.4. The monoisotopic (exact) mass is 390 g/mol. The molecule has 140 valence electrons. The topological polar surface area (TPSA) is 49.4 Å². The summed E-state index contributed by atoms with van der Waals surface area (Å²) in [6.07, 6.45) is 0. The molecule has 0 spiro atoms. The second kappa shape index (κ2) is 7.49. The smallest absolute Gasteiger partial charge is 0.255 e. The van der Waals surface area contributed by atoms with Crippen LogP contribution in [0.15, 0.2) is 72.8 Å². The molecule has 3 aromatic carbocycles. The summed E-state index contributed by atoms with van der Waals surface area (Å²) in [5, 5.41) is 3.46. The summed E-state index contributed by atoms with van der Waals surface area (Å²) in [6, 6.07) is 22.0. The molecule has 4 rings (SSSR count). The van der Waals surface area contributed by atoms with E-state index in [0.717, 1.165) is 16.7 Å². The standard InChI is InChI=1S/C23H19ClN2O2/c1-15-7-9-17(10-8-15)23(28)26-14-21(27)25-20-12-11-18(24)13-19(20)22(26)16-5-3-2-4-6-16/h2-13,22H,14H2,1H3,(H,25,27)/t22-/m0/s1. The Balaban J connectivity index is 1.88. The van der Waals surface area contributed by atoms with Crippen LogP contribution in [0.3, 0.4) is 0 Å². The van der Waals surface area contributed by atoms with Gasteiger partial charge in [0.2, 0.25) is 5.91 Å². The van der Waals surface area contributed by atoms with Gasteiger partial charge in [0.25, 0.3) is 5.91 Å². The zero-order chi connectivity index (χ0) is 19.7. The van der Waals surface area contributed by atoms with Crippen LogP contribution in [0.5, 0.6) is 0 Å². The van der Waals surface area contributed by atoms with Crippen LogP contribution in [0.2, 0.25) is 5.02 Å². The van der Waals surface area contributed by atoms with E-state index in [1.165, 1.54) is 0 Å². The Morgan fingerprint density at radius 3 is 2.46 bits per heavy atom. The number of nitrogens with one attached hydrogen (secondary N) is 1. The molecule has 0 bridgehead atoms. The van der Waals surface area contributed by atoms with Gasteiger partial charge in [-0.05, 0) is 42.8 Å². The minimum atomic E-state index is -0.428. The summed E-state index contributed by atoms with van der Waals surface area (Å²) in [5.41, 5.74) is 4.00. The molecule has 3 aromatic rings. The fourth-order valence-electron chi connectivity index (χ4n) is 3.52. The van der Waals surface area contributed by atoms with Gasteiger partial charge in [0.05, 0.1) is 6.04 Å². The highest BCUT2D eigenvalue weighted by molar-refractivity contribution is 6.30. The molecule has 28 heavy (non-hydrogen) atoms. The summed E-state index contributed by atoms with van der Waals surface area (Å²) in [7, 11) is 0. The average molecular weight is 391 g/mol. The number of aryl methyl sites for hydroxylation is 1. The Bertz CT molecular complexity index is 1030. The van der Waals surface area contributed by atoms with Crippen molar-refractivity contribution in [3.8, 4) is 0 Å². The minimum Gasteiger partial charge on any atom is -0.324 e. The van der Waals surface area contributed by atoms with Gasteiger partial charge in [0, 0.05) is 21.8 Å². The molecular formula is C23H19ClN2O2. The maximum atomic E-state index is 13.4. The first kappa shape index (κ1) is 18.3. The molecule has 4 nitrogen and oxygen atoms in total. The number of halogens is 1. The van der Waals surface area contributed by atoms with E-state index in [4.69, 9.17) is 11.6 Å². The van der Waals surface area contributed by atoms with Crippen molar-refractivity contribution < 1.29 is 9.59 Å². The fourth-order valence-corrected chi connectivity index (χ4v) is 3.70. The second-order valence-corrected chi connectivity index (χ2v) is 7.33. The van der Waals surface area contributed by atoms with Gasteiger partial charge in [-0.1, -0.05) is 59.6 Å². The van der Waals surface area contributed by atoms with Crippen LogP contribution in [-0.2, 0) is 4.79 Å². The number of anilines is 1. The number of hydrogen-bond acceptors (Lipinski definition) is 2. The highest BCUT2D eigenvalue weighted by atomic mass is 35.5. The Hall–Kier alpha value is -3.11. The lowest BCUT2D eigenvalue weighted by atomic mass is 9.95. The average Bonchev–Trinajstić information content (AvgIpc) is 2.84. The predicted octanol–water partition coefficient (Wildman–Crippen LogP) is 4.83. The van der Waals surface area contributed by atoms with Gasteiger partial charge in [-0.2, -0.15) is 0 Å². The molecule has 5 heteroatoms. The van der Waals surface area contributed by atoms with E-state index < -0.39 is 6.04 Å². The molecule has 0 aliphatic carbocycles. The maximum absolute atomic E-state index is 13.4. The predicted molar refractivity (Wildman–Crippen MR) is 111 cm³/mol. The third kappa shape index (κ3) is 3.51. The van der Waals surface area contributed by atoms with E-state index >= 15 is 0 Å². The van der Waals surface area contributed by atoms with Crippen LogP contribution >= 0.6 is 11.6 Å². The fraction of sp³-hybridized carbons (Fsp3) is 0.130. The SMILES string of the molecule is Cc1ccc(C(=O)N2CC(=O)Nc3ccc(Cl)cc3[C@@H]2c2ccccc2)cc1. The van der Waals surface area contributed by atoms with Crippen molar-refractivity contribution in [1.29, 1.82) is 0 Å². The van der Waals surface area contributed by atoms with E-state index in [1.54, 1.807) is 29.2 Å². The Kier molecular flexibility index (Phi) is 4.88. The summed E-state index contributed by atoms with van der Waals surface area (Å²) >= 11 is 6.26. The van der Waals surface area contributed by atoms with E-state index in [2.05, 4.69) is 5.32 Å². The Morgan fingerprint density at radius 1 is 1.04 bits per heavy atom. The molecule has 0 radical (unpaired) electrons. The van der Waals surface area contributed by atoms with Gasteiger partial charge in [0.1, 0.15) is 6.54 Å². The second-order valence-electron chi connectivity index (χ2n) is 6.89. The number of carbonyl (C=O) groups excluding carboxylic acids is 2. The van der Waals surface area contributed by atoms with Gasteiger partial charge >= 0.3 is 0 Å². The minimum absolute atomic E-state index is 0.0431. The number of rotatable bonds is 2. The zero-order valence-corrected chi connectivity index (χ0v) is 16.1. The third-order valence-electron chi connectivity index (χ3n) is 4.88. The molecule has 0 fully saturated rings. The molecule has 0 saturated carbocycles. The first-order valence-corrected chi connectivity index (χ1v) is 9.42. The molecule has 1 heterocycles. The van der Waals surface area contributed by atoms with Crippen molar-refractivity contribution in [3.63, 3.8) is 0 Å². The van der Waals surface area contributed by atoms with Crippen molar-refractivity contribution in [3.05, 3.63) is 100 Å². The molecule has 1 atom stereocenters. The molecule has 1 aliphatic heterocycles. The molecule has 1 N–H and O–H groups in total. The number of benzene rings is 3. The van der Waals surface area contributed by atoms with E-state index in [9.17, 15) is 9.59 Å². The molecule has 0 saturated heterocycles. The van der Waals surface area contributed by atoms with Gasteiger partial charge in [-0.15, -0.1) is 0 Å². The van der Waals surface area contributed by atoms with Crippen LogP contribution in [0.25, 0.3) is 0 Å². The van der Waals surface area contributed by atoms with Crippen LogP contribution < -0.4 is 5.32 Å². The van der Waals surface area contributed by atoms with Gasteiger partial charge < -0.3 is 10.2 Å². The highest BCUT2D eigenvalue weighted by Crippen LogP contribution is 2.37. The number of fused-ring (bicyclic) bond motifs is 1. The van der Waals surface area contributed by atoms with Crippen LogP contribution in [-0.4, -0.2) is 23.3 Å². The van der Waals surface area contributed by atoms with Gasteiger partial charge in [-0.25, -0.2) is 0 Å². The molecular weight excluding hydrogens is 372 g/mol. The maximum Gasteiger partial charge on any atom is 0.255 e. The van der Waals surface area contributed by atoms with Crippen LogP contribution in [0.1, 0.15) is 33.1 Å². The lowest BCUT2D eigenvalue weighted by Crippen LogP contribution is -2.39.